The molecule has 1 rings (SSSR count). The van der Waals surface area contributed by atoms with E-state index in [0.717, 1.165) is 19.8 Å². The van der Waals surface area contributed by atoms with Crippen molar-refractivity contribution in [2.45, 2.75) is 20.3 Å². The molecule has 1 fully saturated rings. The standard InChI is InChI=1S/C8H17NO/c1-8(2,6-9)7-3-4-10-5-7/h7H,3-6,9H2,1-2H3. The van der Waals surface area contributed by atoms with Crippen LogP contribution in [0, 0.1) is 11.3 Å². The van der Waals surface area contributed by atoms with Gasteiger partial charge in [-0.05, 0) is 24.3 Å². The van der Waals surface area contributed by atoms with E-state index >= 15 is 0 Å². The fourth-order valence-electron chi connectivity index (χ4n) is 1.32. The number of ether oxygens (including phenoxy) is 1. The monoisotopic (exact) mass is 143 g/mol. The lowest BCUT2D eigenvalue weighted by Crippen LogP contribution is -2.32. The summed E-state index contributed by atoms with van der Waals surface area (Å²) in [5.41, 5.74) is 5.90. The van der Waals surface area contributed by atoms with Crippen molar-refractivity contribution in [1.29, 1.82) is 0 Å². The smallest absolute Gasteiger partial charge is 0.0500 e. The van der Waals surface area contributed by atoms with Gasteiger partial charge in [0.1, 0.15) is 0 Å². The van der Waals surface area contributed by atoms with E-state index in [1.807, 2.05) is 0 Å². The summed E-state index contributed by atoms with van der Waals surface area (Å²) < 4.78 is 5.29. The van der Waals surface area contributed by atoms with Crippen LogP contribution in [0.5, 0.6) is 0 Å². The maximum Gasteiger partial charge on any atom is 0.0500 e. The van der Waals surface area contributed by atoms with Crippen molar-refractivity contribution in [2.24, 2.45) is 17.1 Å². The van der Waals surface area contributed by atoms with E-state index < -0.39 is 0 Å². The molecular weight excluding hydrogens is 126 g/mol. The van der Waals surface area contributed by atoms with Crippen molar-refractivity contribution < 1.29 is 4.74 Å². The first-order valence-corrected chi connectivity index (χ1v) is 3.94. The van der Waals surface area contributed by atoms with Gasteiger partial charge in [-0.2, -0.15) is 0 Å². The van der Waals surface area contributed by atoms with Crippen LogP contribution in [0.1, 0.15) is 20.3 Å². The third-order valence-electron chi connectivity index (χ3n) is 2.56. The molecule has 1 aliphatic heterocycles. The summed E-state index contributed by atoms with van der Waals surface area (Å²) >= 11 is 0. The van der Waals surface area contributed by atoms with Gasteiger partial charge in [-0.15, -0.1) is 0 Å². The van der Waals surface area contributed by atoms with Crippen LogP contribution in [0.3, 0.4) is 0 Å². The predicted molar refractivity (Wildman–Crippen MR) is 41.8 cm³/mol. The van der Waals surface area contributed by atoms with Crippen molar-refractivity contribution in [1.82, 2.24) is 0 Å². The number of hydrogen-bond acceptors (Lipinski definition) is 2. The largest absolute Gasteiger partial charge is 0.381 e. The second kappa shape index (κ2) is 2.89. The lowest BCUT2D eigenvalue weighted by atomic mass is 9.78. The highest BCUT2D eigenvalue weighted by molar-refractivity contribution is 4.81. The van der Waals surface area contributed by atoms with Crippen LogP contribution in [-0.2, 0) is 4.74 Å². The van der Waals surface area contributed by atoms with Gasteiger partial charge in [-0.3, -0.25) is 0 Å². The fraction of sp³-hybridized carbons (Fsp3) is 1.00. The molecule has 2 N–H and O–H groups in total. The normalized spacial score (nSPS) is 27.3. The number of rotatable bonds is 2. The zero-order valence-corrected chi connectivity index (χ0v) is 6.89. The molecule has 0 saturated carbocycles. The summed E-state index contributed by atoms with van der Waals surface area (Å²) in [6.07, 6.45) is 1.18. The Balaban J connectivity index is 2.45. The van der Waals surface area contributed by atoms with Gasteiger partial charge >= 0.3 is 0 Å². The second-order valence-corrected chi connectivity index (χ2v) is 3.75. The molecule has 0 aromatic heterocycles. The van der Waals surface area contributed by atoms with Crippen LogP contribution in [0.2, 0.25) is 0 Å². The molecule has 1 aliphatic rings. The highest BCUT2D eigenvalue weighted by Gasteiger charge is 2.30. The minimum Gasteiger partial charge on any atom is -0.381 e. The summed E-state index contributed by atoms with van der Waals surface area (Å²) in [5.74, 6) is 0.678. The molecule has 0 radical (unpaired) electrons. The average molecular weight is 143 g/mol. The molecule has 60 valence electrons. The molecule has 2 heteroatoms. The van der Waals surface area contributed by atoms with Crippen LogP contribution >= 0.6 is 0 Å². The van der Waals surface area contributed by atoms with Crippen molar-refractivity contribution in [3.63, 3.8) is 0 Å². The van der Waals surface area contributed by atoms with Gasteiger partial charge in [-0.25, -0.2) is 0 Å². The maximum absolute atomic E-state index is 5.63. The van der Waals surface area contributed by atoms with Crippen molar-refractivity contribution in [3.05, 3.63) is 0 Å². The Morgan fingerprint density at radius 2 is 2.30 bits per heavy atom. The molecule has 1 saturated heterocycles. The summed E-state index contributed by atoms with van der Waals surface area (Å²) in [5, 5.41) is 0. The van der Waals surface area contributed by atoms with Gasteiger partial charge in [0.25, 0.3) is 0 Å². The highest BCUT2D eigenvalue weighted by Crippen LogP contribution is 2.31. The molecule has 0 spiro atoms. The van der Waals surface area contributed by atoms with E-state index in [4.69, 9.17) is 10.5 Å². The third kappa shape index (κ3) is 1.50. The summed E-state index contributed by atoms with van der Waals surface area (Å²) in [7, 11) is 0. The van der Waals surface area contributed by atoms with E-state index in [1.165, 1.54) is 6.42 Å². The van der Waals surface area contributed by atoms with E-state index in [-0.39, 0.29) is 5.41 Å². The van der Waals surface area contributed by atoms with Crippen LogP contribution in [-0.4, -0.2) is 19.8 Å². The second-order valence-electron chi connectivity index (χ2n) is 3.75. The predicted octanol–water partition coefficient (Wildman–Crippen LogP) is 1.01. The van der Waals surface area contributed by atoms with E-state index in [1.54, 1.807) is 0 Å². The molecule has 1 atom stereocenters. The Morgan fingerprint density at radius 3 is 2.70 bits per heavy atom. The summed E-state index contributed by atoms with van der Waals surface area (Å²) in [4.78, 5) is 0. The van der Waals surface area contributed by atoms with Crippen molar-refractivity contribution >= 4 is 0 Å². The Hall–Kier alpha value is -0.0800. The molecular formula is C8H17NO. The van der Waals surface area contributed by atoms with E-state index in [2.05, 4.69) is 13.8 Å². The van der Waals surface area contributed by atoms with Crippen LogP contribution in [0.4, 0.5) is 0 Å². The zero-order chi connectivity index (χ0) is 7.61. The first-order valence-electron chi connectivity index (χ1n) is 3.94. The molecule has 0 aromatic rings. The summed E-state index contributed by atoms with van der Waals surface area (Å²) in [6.45, 7) is 7.03. The lowest BCUT2D eigenvalue weighted by molar-refractivity contribution is 0.147. The van der Waals surface area contributed by atoms with Gasteiger partial charge in [0.2, 0.25) is 0 Å². The molecule has 1 unspecified atom stereocenters. The molecule has 2 nitrogen and oxygen atoms in total. The fourth-order valence-corrected chi connectivity index (χ4v) is 1.32. The molecule has 0 amide bonds. The Morgan fingerprint density at radius 1 is 1.60 bits per heavy atom. The summed E-state index contributed by atoms with van der Waals surface area (Å²) in [6, 6.07) is 0. The number of nitrogens with two attached hydrogens (primary N) is 1. The first-order chi connectivity index (χ1) is 4.67. The lowest BCUT2D eigenvalue weighted by Gasteiger charge is -2.28. The van der Waals surface area contributed by atoms with Gasteiger partial charge in [0, 0.05) is 6.61 Å². The van der Waals surface area contributed by atoms with Crippen molar-refractivity contribution in [2.75, 3.05) is 19.8 Å². The quantitative estimate of drug-likeness (QED) is 0.626. The maximum atomic E-state index is 5.63. The molecule has 1 heterocycles. The highest BCUT2D eigenvalue weighted by atomic mass is 16.5. The van der Waals surface area contributed by atoms with E-state index in [0.29, 0.717) is 5.92 Å². The first kappa shape index (κ1) is 8.02. The van der Waals surface area contributed by atoms with E-state index in [9.17, 15) is 0 Å². The van der Waals surface area contributed by atoms with Gasteiger partial charge < -0.3 is 10.5 Å². The van der Waals surface area contributed by atoms with Gasteiger partial charge in [0.15, 0.2) is 0 Å². The van der Waals surface area contributed by atoms with Crippen LogP contribution in [0.25, 0.3) is 0 Å². The molecule has 0 bridgehead atoms. The topological polar surface area (TPSA) is 35.2 Å². The minimum atomic E-state index is 0.274. The van der Waals surface area contributed by atoms with Crippen LogP contribution < -0.4 is 5.73 Å². The van der Waals surface area contributed by atoms with Gasteiger partial charge in [0.05, 0.1) is 6.61 Å². The minimum absolute atomic E-state index is 0.274. The van der Waals surface area contributed by atoms with Gasteiger partial charge in [-0.1, -0.05) is 13.8 Å². The molecule has 0 aromatic carbocycles. The van der Waals surface area contributed by atoms with Crippen LogP contribution in [0.15, 0.2) is 0 Å². The third-order valence-corrected chi connectivity index (χ3v) is 2.56. The Kier molecular flexibility index (Phi) is 2.32. The Bertz CT molecular complexity index is 106. The molecule has 10 heavy (non-hydrogen) atoms. The Labute approximate surface area is 62.7 Å². The SMILES string of the molecule is CC(C)(CN)C1CCOC1. The molecule has 0 aliphatic carbocycles. The van der Waals surface area contributed by atoms with Crippen molar-refractivity contribution in [3.8, 4) is 0 Å². The number of hydrogen-bond donors (Lipinski definition) is 1. The zero-order valence-electron chi connectivity index (χ0n) is 6.89. The average Bonchev–Trinajstić information content (AvgIpc) is 2.38.